The Labute approximate surface area is 116 Å². The Morgan fingerprint density at radius 2 is 2.00 bits per heavy atom. The molecule has 0 aromatic carbocycles. The molecule has 2 fully saturated rings. The zero-order valence-electron chi connectivity index (χ0n) is 12.1. The van der Waals surface area contributed by atoms with Crippen LogP contribution in [0.25, 0.3) is 0 Å². The van der Waals surface area contributed by atoms with Crippen molar-refractivity contribution in [2.75, 3.05) is 19.7 Å². The molecule has 1 aliphatic heterocycles. The van der Waals surface area contributed by atoms with E-state index in [1.54, 1.807) is 0 Å². The van der Waals surface area contributed by atoms with Gasteiger partial charge >= 0.3 is 0 Å². The van der Waals surface area contributed by atoms with Gasteiger partial charge in [-0.15, -0.1) is 0 Å². The Hall–Kier alpha value is -0.610. The van der Waals surface area contributed by atoms with Crippen LogP contribution in [0.2, 0.25) is 0 Å². The van der Waals surface area contributed by atoms with Crippen molar-refractivity contribution in [1.29, 1.82) is 0 Å². The highest BCUT2D eigenvalue weighted by Crippen LogP contribution is 2.32. The molecule has 4 heteroatoms. The van der Waals surface area contributed by atoms with Crippen LogP contribution in [0.15, 0.2) is 0 Å². The van der Waals surface area contributed by atoms with Gasteiger partial charge in [0.05, 0.1) is 12.6 Å². The number of fused-ring (bicyclic) bond motifs is 1. The Bertz CT molecular complexity index is 290. The van der Waals surface area contributed by atoms with Gasteiger partial charge in [0.15, 0.2) is 0 Å². The van der Waals surface area contributed by atoms with E-state index in [9.17, 15) is 4.79 Å². The van der Waals surface area contributed by atoms with Crippen molar-refractivity contribution in [2.24, 2.45) is 5.92 Å². The number of amides is 1. The third-order valence-corrected chi connectivity index (χ3v) is 4.62. The topological polar surface area (TPSA) is 52.6 Å². The van der Waals surface area contributed by atoms with Gasteiger partial charge in [-0.2, -0.15) is 0 Å². The predicted molar refractivity (Wildman–Crippen MR) is 75.9 cm³/mol. The fourth-order valence-corrected chi connectivity index (χ4v) is 3.63. The monoisotopic (exact) mass is 268 g/mol. The van der Waals surface area contributed by atoms with E-state index in [1.165, 1.54) is 32.1 Å². The maximum absolute atomic E-state index is 12.5. The van der Waals surface area contributed by atoms with Crippen molar-refractivity contribution < 1.29 is 9.90 Å². The number of nitrogens with one attached hydrogen (secondary N) is 1. The van der Waals surface area contributed by atoms with Crippen molar-refractivity contribution in [3.8, 4) is 0 Å². The van der Waals surface area contributed by atoms with Gasteiger partial charge in [0.2, 0.25) is 5.91 Å². The number of aliphatic hydroxyl groups is 1. The van der Waals surface area contributed by atoms with E-state index in [2.05, 4.69) is 12.2 Å². The highest BCUT2D eigenvalue weighted by Gasteiger charge is 2.35. The zero-order valence-corrected chi connectivity index (χ0v) is 12.1. The largest absolute Gasteiger partial charge is 0.395 e. The molecule has 2 N–H and O–H groups in total. The van der Waals surface area contributed by atoms with Crippen LogP contribution in [0.4, 0.5) is 0 Å². The minimum absolute atomic E-state index is 0.0163. The summed E-state index contributed by atoms with van der Waals surface area (Å²) < 4.78 is 0. The van der Waals surface area contributed by atoms with E-state index in [1.807, 2.05) is 4.90 Å². The number of carbonyl (C=O) groups excluding carboxylic acids is 1. The third kappa shape index (κ3) is 3.69. The summed E-state index contributed by atoms with van der Waals surface area (Å²) in [5, 5.41) is 12.7. The molecule has 1 aliphatic carbocycles. The van der Waals surface area contributed by atoms with Crippen LogP contribution in [0.3, 0.4) is 0 Å². The lowest BCUT2D eigenvalue weighted by Crippen LogP contribution is -2.56. The van der Waals surface area contributed by atoms with Crippen LogP contribution in [-0.4, -0.2) is 47.7 Å². The van der Waals surface area contributed by atoms with Crippen molar-refractivity contribution in [3.63, 3.8) is 0 Å². The number of aliphatic hydroxyl groups excluding tert-OH is 1. The summed E-state index contributed by atoms with van der Waals surface area (Å²) in [6.45, 7) is 3.36. The van der Waals surface area contributed by atoms with Crippen LogP contribution < -0.4 is 5.32 Å². The fourth-order valence-electron chi connectivity index (χ4n) is 3.63. The molecule has 2 aliphatic rings. The standard InChI is InChI=1S/C15H28N2O2/c1-2-9-17(10-11-18)15(19)14-8-7-12-5-3-4-6-13(12)16-14/h12-14,16,18H,2-11H2,1H3. The number of hydrogen-bond donors (Lipinski definition) is 2. The summed E-state index contributed by atoms with van der Waals surface area (Å²) >= 11 is 0. The van der Waals surface area contributed by atoms with E-state index in [0.29, 0.717) is 12.6 Å². The minimum atomic E-state index is -0.0163. The maximum Gasteiger partial charge on any atom is 0.239 e. The van der Waals surface area contributed by atoms with Crippen LogP contribution >= 0.6 is 0 Å². The molecular formula is C15H28N2O2. The molecule has 0 radical (unpaired) electrons. The van der Waals surface area contributed by atoms with Crippen LogP contribution in [-0.2, 0) is 4.79 Å². The highest BCUT2D eigenvalue weighted by atomic mass is 16.3. The van der Waals surface area contributed by atoms with Gasteiger partial charge in [-0.3, -0.25) is 4.79 Å². The average molecular weight is 268 g/mol. The maximum atomic E-state index is 12.5. The quantitative estimate of drug-likeness (QED) is 0.795. The molecule has 1 heterocycles. The molecule has 1 saturated heterocycles. The first kappa shape index (κ1) is 14.8. The van der Waals surface area contributed by atoms with Gasteiger partial charge in [-0.1, -0.05) is 19.8 Å². The summed E-state index contributed by atoms with van der Waals surface area (Å²) in [6, 6.07) is 0.534. The van der Waals surface area contributed by atoms with E-state index in [4.69, 9.17) is 5.11 Å². The van der Waals surface area contributed by atoms with E-state index in [-0.39, 0.29) is 18.6 Å². The molecule has 0 spiro atoms. The smallest absolute Gasteiger partial charge is 0.239 e. The number of nitrogens with zero attached hydrogens (tertiary/aromatic N) is 1. The second-order valence-electron chi connectivity index (χ2n) is 6.00. The number of rotatable bonds is 5. The van der Waals surface area contributed by atoms with Crippen molar-refractivity contribution >= 4 is 5.91 Å². The normalized spacial score (nSPS) is 30.7. The number of hydrogen-bond acceptors (Lipinski definition) is 3. The number of carbonyl (C=O) groups is 1. The minimum Gasteiger partial charge on any atom is -0.395 e. The first-order chi connectivity index (χ1) is 9.26. The van der Waals surface area contributed by atoms with Crippen molar-refractivity contribution in [1.82, 2.24) is 10.2 Å². The molecule has 2 rings (SSSR count). The lowest BCUT2D eigenvalue weighted by Gasteiger charge is -2.41. The zero-order chi connectivity index (χ0) is 13.7. The van der Waals surface area contributed by atoms with E-state index < -0.39 is 0 Å². The van der Waals surface area contributed by atoms with Crippen molar-refractivity contribution in [3.05, 3.63) is 0 Å². The average Bonchev–Trinajstić information content (AvgIpc) is 2.46. The molecule has 4 nitrogen and oxygen atoms in total. The predicted octanol–water partition coefficient (Wildman–Crippen LogP) is 1.53. The van der Waals surface area contributed by atoms with Crippen LogP contribution in [0.5, 0.6) is 0 Å². The van der Waals surface area contributed by atoms with Gasteiger partial charge in [0.25, 0.3) is 0 Å². The summed E-state index contributed by atoms with van der Waals surface area (Å²) in [4.78, 5) is 14.3. The lowest BCUT2D eigenvalue weighted by atomic mass is 9.77. The van der Waals surface area contributed by atoms with Crippen molar-refractivity contribution in [2.45, 2.75) is 64.0 Å². The van der Waals surface area contributed by atoms with Crippen LogP contribution in [0, 0.1) is 5.92 Å². The second-order valence-corrected chi connectivity index (χ2v) is 6.00. The Balaban J connectivity index is 1.91. The first-order valence-corrected chi connectivity index (χ1v) is 7.92. The molecule has 1 amide bonds. The summed E-state index contributed by atoms with van der Waals surface area (Å²) in [6.07, 6.45) is 8.30. The number of piperidine rings is 1. The molecule has 1 saturated carbocycles. The summed E-state index contributed by atoms with van der Waals surface area (Å²) in [5.41, 5.74) is 0. The SMILES string of the molecule is CCCN(CCO)C(=O)C1CCC2CCCCC2N1. The van der Waals surface area contributed by atoms with Gasteiger partial charge in [-0.25, -0.2) is 0 Å². The molecule has 3 unspecified atom stereocenters. The van der Waals surface area contributed by atoms with Gasteiger partial charge in [0.1, 0.15) is 0 Å². The molecule has 19 heavy (non-hydrogen) atoms. The van der Waals surface area contributed by atoms with Gasteiger partial charge in [-0.05, 0) is 38.0 Å². The third-order valence-electron chi connectivity index (χ3n) is 4.62. The molecule has 0 bridgehead atoms. The molecular weight excluding hydrogens is 240 g/mol. The summed E-state index contributed by atoms with van der Waals surface area (Å²) in [5.74, 6) is 0.982. The molecule has 110 valence electrons. The van der Waals surface area contributed by atoms with Gasteiger partial charge in [0, 0.05) is 19.1 Å². The van der Waals surface area contributed by atoms with Crippen LogP contribution in [0.1, 0.15) is 51.9 Å². The fraction of sp³-hybridized carbons (Fsp3) is 0.933. The Morgan fingerprint density at radius 3 is 2.74 bits per heavy atom. The molecule has 3 atom stereocenters. The molecule has 0 aromatic heterocycles. The Morgan fingerprint density at radius 1 is 1.21 bits per heavy atom. The lowest BCUT2D eigenvalue weighted by molar-refractivity contribution is -0.135. The Kier molecular flexibility index (Phi) is 5.64. The second kappa shape index (κ2) is 7.25. The summed E-state index contributed by atoms with van der Waals surface area (Å²) in [7, 11) is 0. The van der Waals surface area contributed by atoms with E-state index >= 15 is 0 Å². The molecule has 0 aromatic rings. The van der Waals surface area contributed by atoms with Gasteiger partial charge < -0.3 is 15.3 Å². The van der Waals surface area contributed by atoms with E-state index in [0.717, 1.165) is 25.3 Å². The first-order valence-electron chi connectivity index (χ1n) is 7.92. The highest BCUT2D eigenvalue weighted by molar-refractivity contribution is 5.82.